The minimum atomic E-state index is -0.174. The van der Waals surface area contributed by atoms with E-state index in [-0.39, 0.29) is 29.7 Å². The van der Waals surface area contributed by atoms with Crippen molar-refractivity contribution in [2.75, 3.05) is 13.1 Å². The summed E-state index contributed by atoms with van der Waals surface area (Å²) in [5, 5.41) is 3.87. The Morgan fingerprint density at radius 2 is 2.10 bits per heavy atom. The molecule has 0 aliphatic carbocycles. The Kier molecular flexibility index (Phi) is 6.28. The van der Waals surface area contributed by atoms with E-state index in [2.05, 4.69) is 10.3 Å². The number of likely N-dealkylation sites (tertiary alicyclic amines) is 1. The third-order valence-corrected chi connectivity index (χ3v) is 6.03. The molecule has 4 rings (SSSR count). The first kappa shape index (κ1) is 21.4. The molecule has 2 aromatic heterocycles. The number of nitrogens with one attached hydrogen (secondary N) is 1. The van der Waals surface area contributed by atoms with Gasteiger partial charge in [-0.2, -0.15) is 0 Å². The van der Waals surface area contributed by atoms with Crippen LogP contribution in [0.3, 0.4) is 0 Å². The quantitative estimate of drug-likeness (QED) is 0.650. The Morgan fingerprint density at radius 1 is 1.26 bits per heavy atom. The maximum Gasteiger partial charge on any atom is 0.256 e. The van der Waals surface area contributed by atoms with Crippen LogP contribution in [0.2, 0.25) is 5.02 Å². The van der Waals surface area contributed by atoms with E-state index in [0.717, 1.165) is 17.5 Å². The van der Waals surface area contributed by atoms with Crippen LogP contribution in [0.4, 0.5) is 0 Å². The average molecular weight is 439 g/mol. The van der Waals surface area contributed by atoms with Crippen LogP contribution in [0, 0.1) is 5.92 Å². The van der Waals surface area contributed by atoms with Gasteiger partial charge in [0.2, 0.25) is 5.91 Å². The SMILES string of the molecule is CC(C)CC(=O)N[C@@H]1CN(C(=O)c2cccn3cncc23)CC[C@H]1c1cccc(Cl)c1. The second kappa shape index (κ2) is 9.10. The molecule has 1 saturated heterocycles. The summed E-state index contributed by atoms with van der Waals surface area (Å²) in [4.78, 5) is 32.0. The smallest absolute Gasteiger partial charge is 0.256 e. The summed E-state index contributed by atoms with van der Waals surface area (Å²) in [7, 11) is 0. The molecule has 6 nitrogen and oxygen atoms in total. The summed E-state index contributed by atoms with van der Waals surface area (Å²) in [6.07, 6.45) is 6.47. The van der Waals surface area contributed by atoms with E-state index in [1.54, 1.807) is 12.5 Å². The Hall–Kier alpha value is -2.86. The molecule has 0 saturated carbocycles. The highest BCUT2D eigenvalue weighted by Gasteiger charge is 2.34. The standard InChI is InChI=1S/C24H27ClN4O2/c1-16(2)11-23(30)27-21-14-28(10-8-19(21)17-5-3-6-18(25)12-17)24(31)20-7-4-9-29-15-26-13-22(20)29/h3-7,9,12-13,15-16,19,21H,8,10-11,14H2,1-2H3,(H,27,30)/t19-,21+/m0/s1. The van der Waals surface area contributed by atoms with E-state index in [0.29, 0.717) is 30.1 Å². The highest BCUT2D eigenvalue weighted by molar-refractivity contribution is 6.30. The molecule has 1 aromatic carbocycles. The number of fused-ring (bicyclic) bond motifs is 1. The molecule has 31 heavy (non-hydrogen) atoms. The number of rotatable bonds is 5. The zero-order chi connectivity index (χ0) is 22.0. The Balaban J connectivity index is 1.59. The molecular formula is C24H27ClN4O2. The van der Waals surface area contributed by atoms with Crippen LogP contribution in [0.25, 0.3) is 5.52 Å². The van der Waals surface area contributed by atoms with Gasteiger partial charge in [0, 0.05) is 36.6 Å². The van der Waals surface area contributed by atoms with E-state index in [1.165, 1.54) is 0 Å². The highest BCUT2D eigenvalue weighted by atomic mass is 35.5. The molecule has 0 radical (unpaired) electrons. The van der Waals surface area contributed by atoms with Crippen LogP contribution in [0.5, 0.6) is 0 Å². The average Bonchev–Trinajstić information content (AvgIpc) is 3.21. The van der Waals surface area contributed by atoms with Crippen molar-refractivity contribution in [3.05, 3.63) is 71.3 Å². The van der Waals surface area contributed by atoms with Crippen molar-refractivity contribution in [2.45, 2.75) is 38.6 Å². The third kappa shape index (κ3) is 4.74. The normalized spacial score (nSPS) is 19.0. The van der Waals surface area contributed by atoms with Crippen LogP contribution in [0.1, 0.15) is 48.5 Å². The summed E-state index contributed by atoms with van der Waals surface area (Å²) < 4.78 is 1.84. The number of pyridine rings is 1. The van der Waals surface area contributed by atoms with Gasteiger partial charge in [-0.15, -0.1) is 0 Å². The molecule has 2 atom stereocenters. The molecule has 3 aromatic rings. The molecule has 1 aliphatic heterocycles. The molecule has 3 heterocycles. The molecule has 162 valence electrons. The summed E-state index contributed by atoms with van der Waals surface area (Å²) in [6, 6.07) is 11.3. The fraction of sp³-hybridized carbons (Fsp3) is 0.375. The minimum absolute atomic E-state index is 0.0132. The van der Waals surface area contributed by atoms with E-state index in [4.69, 9.17) is 11.6 Å². The number of carbonyl (C=O) groups is 2. The number of hydrogen-bond acceptors (Lipinski definition) is 3. The second-order valence-corrected chi connectivity index (χ2v) is 9.02. The minimum Gasteiger partial charge on any atom is -0.351 e. The fourth-order valence-electron chi connectivity index (χ4n) is 4.36. The van der Waals surface area contributed by atoms with Gasteiger partial charge in [-0.05, 0) is 42.2 Å². The lowest BCUT2D eigenvalue weighted by Gasteiger charge is -2.39. The van der Waals surface area contributed by atoms with Crippen LogP contribution in [0.15, 0.2) is 55.1 Å². The van der Waals surface area contributed by atoms with Gasteiger partial charge in [-0.1, -0.05) is 37.6 Å². The topological polar surface area (TPSA) is 66.7 Å². The predicted molar refractivity (Wildman–Crippen MR) is 121 cm³/mol. The number of nitrogens with zero attached hydrogens (tertiary/aromatic N) is 3. The van der Waals surface area contributed by atoms with Crippen molar-refractivity contribution >= 4 is 28.9 Å². The highest BCUT2D eigenvalue weighted by Crippen LogP contribution is 2.31. The van der Waals surface area contributed by atoms with Crippen molar-refractivity contribution in [3.8, 4) is 0 Å². The van der Waals surface area contributed by atoms with Gasteiger partial charge in [0.1, 0.15) is 0 Å². The van der Waals surface area contributed by atoms with Crippen molar-refractivity contribution in [1.29, 1.82) is 0 Å². The van der Waals surface area contributed by atoms with Crippen molar-refractivity contribution in [2.24, 2.45) is 5.92 Å². The van der Waals surface area contributed by atoms with E-state index >= 15 is 0 Å². The molecule has 0 bridgehead atoms. The zero-order valence-electron chi connectivity index (χ0n) is 17.8. The Bertz CT molecular complexity index is 1090. The first-order valence-corrected chi connectivity index (χ1v) is 11.0. The van der Waals surface area contributed by atoms with E-state index < -0.39 is 0 Å². The number of carbonyl (C=O) groups excluding carboxylic acids is 2. The first-order chi connectivity index (χ1) is 14.9. The molecule has 1 aliphatic rings. The van der Waals surface area contributed by atoms with Gasteiger partial charge in [-0.3, -0.25) is 9.59 Å². The summed E-state index contributed by atoms with van der Waals surface area (Å²) in [5.74, 6) is 0.341. The van der Waals surface area contributed by atoms with Gasteiger partial charge < -0.3 is 14.6 Å². The lowest BCUT2D eigenvalue weighted by Crippen LogP contribution is -2.53. The first-order valence-electron chi connectivity index (χ1n) is 10.7. The monoisotopic (exact) mass is 438 g/mol. The lowest BCUT2D eigenvalue weighted by atomic mass is 9.84. The predicted octanol–water partition coefficient (Wildman–Crippen LogP) is 4.15. The molecule has 7 heteroatoms. The second-order valence-electron chi connectivity index (χ2n) is 8.58. The number of halogens is 1. The number of imidazole rings is 1. The van der Waals surface area contributed by atoms with Gasteiger partial charge in [0.05, 0.1) is 29.6 Å². The molecular weight excluding hydrogens is 412 g/mol. The number of hydrogen-bond donors (Lipinski definition) is 1. The Labute approximate surface area is 187 Å². The van der Waals surface area contributed by atoms with Gasteiger partial charge in [0.15, 0.2) is 0 Å². The van der Waals surface area contributed by atoms with Crippen LogP contribution in [-0.4, -0.2) is 45.2 Å². The third-order valence-electron chi connectivity index (χ3n) is 5.80. The van der Waals surface area contributed by atoms with E-state index in [1.807, 2.05) is 65.7 Å². The van der Waals surface area contributed by atoms with Crippen molar-refractivity contribution in [1.82, 2.24) is 19.6 Å². The fourth-order valence-corrected chi connectivity index (χ4v) is 4.55. The Morgan fingerprint density at radius 3 is 2.87 bits per heavy atom. The molecule has 0 unspecified atom stereocenters. The van der Waals surface area contributed by atoms with Crippen LogP contribution in [-0.2, 0) is 4.79 Å². The van der Waals surface area contributed by atoms with Gasteiger partial charge in [-0.25, -0.2) is 4.98 Å². The summed E-state index contributed by atoms with van der Waals surface area (Å²) in [6.45, 7) is 5.12. The number of piperidine rings is 1. The van der Waals surface area contributed by atoms with E-state index in [9.17, 15) is 9.59 Å². The number of aromatic nitrogens is 2. The van der Waals surface area contributed by atoms with Crippen molar-refractivity contribution < 1.29 is 9.59 Å². The number of amides is 2. The largest absolute Gasteiger partial charge is 0.351 e. The lowest BCUT2D eigenvalue weighted by molar-refractivity contribution is -0.123. The van der Waals surface area contributed by atoms with Crippen molar-refractivity contribution in [3.63, 3.8) is 0 Å². The summed E-state index contributed by atoms with van der Waals surface area (Å²) >= 11 is 6.23. The molecule has 2 amide bonds. The molecule has 0 spiro atoms. The maximum absolute atomic E-state index is 13.4. The van der Waals surface area contributed by atoms with Gasteiger partial charge in [0.25, 0.3) is 5.91 Å². The zero-order valence-corrected chi connectivity index (χ0v) is 18.5. The molecule has 1 fully saturated rings. The maximum atomic E-state index is 13.4. The number of benzene rings is 1. The van der Waals surface area contributed by atoms with Gasteiger partial charge >= 0.3 is 0 Å². The van der Waals surface area contributed by atoms with Crippen LogP contribution < -0.4 is 5.32 Å². The molecule has 1 N–H and O–H groups in total. The summed E-state index contributed by atoms with van der Waals surface area (Å²) in [5.41, 5.74) is 2.49. The van der Waals surface area contributed by atoms with Crippen LogP contribution >= 0.6 is 11.6 Å².